The van der Waals surface area contributed by atoms with E-state index in [-0.39, 0.29) is 0 Å². The normalized spacial score (nSPS) is 10.4. The van der Waals surface area contributed by atoms with Crippen LogP contribution in [0.1, 0.15) is 11.3 Å². The van der Waals surface area contributed by atoms with Gasteiger partial charge in [0.25, 0.3) is 0 Å². The van der Waals surface area contributed by atoms with Crippen molar-refractivity contribution in [3.63, 3.8) is 0 Å². The predicted molar refractivity (Wildman–Crippen MR) is 66.7 cm³/mol. The Kier molecular flexibility index (Phi) is 3.22. The van der Waals surface area contributed by atoms with Gasteiger partial charge in [-0.25, -0.2) is 4.98 Å². The van der Waals surface area contributed by atoms with Gasteiger partial charge in [-0.1, -0.05) is 11.6 Å². The maximum absolute atomic E-state index is 5.55. The molecule has 2 N–H and O–H groups in total. The minimum atomic E-state index is 0.477. The van der Waals surface area contributed by atoms with E-state index in [2.05, 4.69) is 18.0 Å². The van der Waals surface area contributed by atoms with E-state index in [0.717, 1.165) is 22.0 Å². The molecule has 0 unspecified atom stereocenters. The topological polar surface area (TPSA) is 48.1 Å². The number of nitrogens with zero attached hydrogens (tertiary/aromatic N) is 1. The fourth-order valence-corrected chi connectivity index (χ4v) is 2.37. The summed E-state index contributed by atoms with van der Waals surface area (Å²) in [6, 6.07) is 6.08. The Labute approximate surface area is 98.9 Å². The van der Waals surface area contributed by atoms with Gasteiger partial charge in [0.2, 0.25) is 0 Å². The minimum absolute atomic E-state index is 0.477. The van der Waals surface area contributed by atoms with Crippen molar-refractivity contribution >= 4 is 11.3 Å². The molecule has 0 aliphatic carbocycles. The third-order valence-electron chi connectivity index (χ3n) is 2.35. The van der Waals surface area contributed by atoms with Crippen molar-refractivity contribution in [3.05, 3.63) is 34.8 Å². The summed E-state index contributed by atoms with van der Waals surface area (Å²) >= 11 is 1.59. The molecule has 0 bridgehead atoms. The smallest absolute Gasteiger partial charge is 0.129 e. The number of ether oxygens (including phenoxy) is 1. The molecule has 0 saturated carbocycles. The van der Waals surface area contributed by atoms with Crippen molar-refractivity contribution in [3.8, 4) is 16.3 Å². The van der Waals surface area contributed by atoms with Crippen LogP contribution in [0.15, 0.2) is 23.6 Å². The first-order valence-electron chi connectivity index (χ1n) is 5.04. The quantitative estimate of drug-likeness (QED) is 0.888. The SMILES string of the molecule is COc1ccc(C)cc1-c1nc(CN)cs1. The molecule has 16 heavy (non-hydrogen) atoms. The standard InChI is InChI=1S/C12H14N2OS/c1-8-3-4-11(15-2)10(5-8)12-14-9(6-13)7-16-12/h3-5,7H,6,13H2,1-2H3. The lowest BCUT2D eigenvalue weighted by molar-refractivity contribution is 0.416. The average molecular weight is 234 g/mol. The van der Waals surface area contributed by atoms with Gasteiger partial charge in [0.15, 0.2) is 0 Å². The number of hydrogen-bond acceptors (Lipinski definition) is 4. The van der Waals surface area contributed by atoms with E-state index in [1.807, 2.05) is 17.5 Å². The zero-order chi connectivity index (χ0) is 11.5. The number of aryl methyl sites for hydroxylation is 1. The number of aromatic nitrogens is 1. The van der Waals surface area contributed by atoms with E-state index in [9.17, 15) is 0 Å². The average Bonchev–Trinajstić information content (AvgIpc) is 2.77. The van der Waals surface area contributed by atoms with Crippen LogP contribution >= 0.6 is 11.3 Å². The van der Waals surface area contributed by atoms with Gasteiger partial charge >= 0.3 is 0 Å². The number of rotatable bonds is 3. The first kappa shape index (κ1) is 11.1. The molecule has 1 heterocycles. The lowest BCUT2D eigenvalue weighted by Gasteiger charge is -2.06. The van der Waals surface area contributed by atoms with Crippen molar-refractivity contribution in [1.29, 1.82) is 0 Å². The highest BCUT2D eigenvalue weighted by Gasteiger charge is 2.09. The Morgan fingerprint density at radius 3 is 2.88 bits per heavy atom. The van der Waals surface area contributed by atoms with Crippen LogP contribution in [0.2, 0.25) is 0 Å². The first-order chi connectivity index (χ1) is 7.74. The van der Waals surface area contributed by atoms with Gasteiger partial charge in [-0.2, -0.15) is 0 Å². The lowest BCUT2D eigenvalue weighted by atomic mass is 10.1. The summed E-state index contributed by atoms with van der Waals surface area (Å²) in [6.07, 6.45) is 0. The molecule has 0 fully saturated rings. The summed E-state index contributed by atoms with van der Waals surface area (Å²) in [6.45, 7) is 2.53. The van der Waals surface area contributed by atoms with Crippen molar-refractivity contribution in [2.75, 3.05) is 7.11 Å². The molecule has 0 spiro atoms. The van der Waals surface area contributed by atoms with Gasteiger partial charge in [-0.15, -0.1) is 11.3 Å². The van der Waals surface area contributed by atoms with Crippen LogP contribution in [0, 0.1) is 6.92 Å². The highest BCUT2D eigenvalue weighted by Crippen LogP contribution is 2.32. The second-order valence-electron chi connectivity index (χ2n) is 3.55. The van der Waals surface area contributed by atoms with Crippen LogP contribution in [0.4, 0.5) is 0 Å². The van der Waals surface area contributed by atoms with E-state index < -0.39 is 0 Å². The van der Waals surface area contributed by atoms with Crippen LogP contribution in [-0.2, 0) is 6.54 Å². The fraction of sp³-hybridized carbons (Fsp3) is 0.250. The van der Waals surface area contributed by atoms with E-state index in [1.165, 1.54) is 5.56 Å². The molecule has 3 nitrogen and oxygen atoms in total. The van der Waals surface area contributed by atoms with Crippen molar-refractivity contribution in [2.24, 2.45) is 5.73 Å². The molecule has 0 aliphatic rings. The van der Waals surface area contributed by atoms with E-state index >= 15 is 0 Å². The van der Waals surface area contributed by atoms with E-state index in [0.29, 0.717) is 6.54 Å². The van der Waals surface area contributed by atoms with Crippen LogP contribution < -0.4 is 10.5 Å². The van der Waals surface area contributed by atoms with Crippen LogP contribution in [0.25, 0.3) is 10.6 Å². The van der Waals surface area contributed by atoms with Crippen LogP contribution in [-0.4, -0.2) is 12.1 Å². The molecular weight excluding hydrogens is 220 g/mol. The van der Waals surface area contributed by atoms with Gasteiger partial charge in [0, 0.05) is 11.9 Å². The fourth-order valence-electron chi connectivity index (χ4n) is 1.51. The summed E-state index contributed by atoms with van der Waals surface area (Å²) in [5.41, 5.74) is 8.70. The number of methoxy groups -OCH3 is 1. The second-order valence-corrected chi connectivity index (χ2v) is 4.41. The Balaban J connectivity index is 2.49. The molecule has 0 aliphatic heterocycles. The molecular formula is C12H14N2OS. The summed E-state index contributed by atoms with van der Waals surface area (Å²) in [5, 5.41) is 2.94. The number of benzene rings is 1. The van der Waals surface area contributed by atoms with Crippen molar-refractivity contribution < 1.29 is 4.74 Å². The summed E-state index contributed by atoms with van der Waals surface area (Å²) < 4.78 is 5.33. The summed E-state index contributed by atoms with van der Waals surface area (Å²) in [5.74, 6) is 0.850. The molecule has 2 rings (SSSR count). The molecule has 0 saturated heterocycles. The van der Waals surface area contributed by atoms with Crippen LogP contribution in [0.5, 0.6) is 5.75 Å². The Morgan fingerprint density at radius 1 is 1.44 bits per heavy atom. The molecule has 2 aromatic rings. The Morgan fingerprint density at radius 2 is 2.25 bits per heavy atom. The third-order valence-corrected chi connectivity index (χ3v) is 3.27. The first-order valence-corrected chi connectivity index (χ1v) is 5.92. The van der Waals surface area contributed by atoms with Gasteiger partial charge in [0.1, 0.15) is 10.8 Å². The maximum Gasteiger partial charge on any atom is 0.129 e. The summed E-state index contributed by atoms with van der Waals surface area (Å²) in [7, 11) is 1.67. The highest BCUT2D eigenvalue weighted by atomic mass is 32.1. The van der Waals surface area contributed by atoms with Crippen molar-refractivity contribution in [2.45, 2.75) is 13.5 Å². The van der Waals surface area contributed by atoms with E-state index in [1.54, 1.807) is 18.4 Å². The van der Waals surface area contributed by atoms with Gasteiger partial charge in [0.05, 0.1) is 18.4 Å². The predicted octanol–water partition coefficient (Wildman–Crippen LogP) is 2.59. The lowest BCUT2D eigenvalue weighted by Crippen LogP contribution is -1.96. The zero-order valence-electron chi connectivity index (χ0n) is 9.36. The largest absolute Gasteiger partial charge is 0.496 e. The molecule has 1 aromatic heterocycles. The zero-order valence-corrected chi connectivity index (χ0v) is 10.2. The number of hydrogen-bond donors (Lipinski definition) is 1. The molecule has 0 amide bonds. The molecule has 84 valence electrons. The minimum Gasteiger partial charge on any atom is -0.496 e. The number of nitrogens with two attached hydrogens (primary N) is 1. The van der Waals surface area contributed by atoms with Crippen molar-refractivity contribution in [1.82, 2.24) is 4.98 Å². The van der Waals surface area contributed by atoms with Gasteiger partial charge < -0.3 is 10.5 Å². The second kappa shape index (κ2) is 4.63. The van der Waals surface area contributed by atoms with Gasteiger partial charge in [-0.05, 0) is 19.1 Å². The Bertz CT molecular complexity index is 494. The third kappa shape index (κ3) is 2.08. The van der Waals surface area contributed by atoms with Gasteiger partial charge in [-0.3, -0.25) is 0 Å². The number of thiazole rings is 1. The Hall–Kier alpha value is -1.39. The van der Waals surface area contributed by atoms with E-state index in [4.69, 9.17) is 10.5 Å². The van der Waals surface area contributed by atoms with Crippen LogP contribution in [0.3, 0.4) is 0 Å². The monoisotopic (exact) mass is 234 g/mol. The molecule has 0 radical (unpaired) electrons. The highest BCUT2D eigenvalue weighted by molar-refractivity contribution is 7.13. The molecule has 0 atom stereocenters. The summed E-state index contributed by atoms with van der Waals surface area (Å²) in [4.78, 5) is 4.46. The molecule has 1 aromatic carbocycles. The molecule has 4 heteroatoms. The maximum atomic E-state index is 5.55.